The Balaban J connectivity index is 2.41. The Kier molecular flexibility index (Phi) is 4.38. The van der Waals surface area contributed by atoms with Crippen LogP contribution in [0.4, 0.5) is 4.79 Å². The van der Waals surface area contributed by atoms with Crippen molar-refractivity contribution in [3.8, 4) is 0 Å². The molecule has 1 aliphatic heterocycles. The first-order chi connectivity index (χ1) is 7.76. The Morgan fingerprint density at radius 1 is 1.53 bits per heavy atom. The van der Waals surface area contributed by atoms with Gasteiger partial charge in [-0.05, 0) is 40.8 Å². The highest BCUT2D eigenvalue weighted by Gasteiger charge is 2.36. The maximum atomic E-state index is 11.5. The minimum absolute atomic E-state index is 0.0904. The van der Waals surface area contributed by atoms with Gasteiger partial charge >= 0.3 is 6.09 Å². The van der Waals surface area contributed by atoms with Crippen molar-refractivity contribution in [2.75, 3.05) is 33.3 Å². The number of ether oxygens (including phenoxy) is 1. The summed E-state index contributed by atoms with van der Waals surface area (Å²) in [6.07, 6.45) is 0.482. The van der Waals surface area contributed by atoms with Gasteiger partial charge in [-0.25, -0.2) is 4.79 Å². The third kappa shape index (κ3) is 4.52. The average Bonchev–Trinajstić information content (AvgIpc) is 2.56. The molecule has 0 aromatic rings. The Bertz CT molecular complexity index is 275. The summed E-state index contributed by atoms with van der Waals surface area (Å²) in [6.45, 7) is 7.80. The minimum Gasteiger partial charge on any atom is -0.444 e. The number of nitrogens with zero attached hydrogens (tertiary/aromatic N) is 1. The zero-order valence-corrected chi connectivity index (χ0v) is 11.2. The van der Waals surface area contributed by atoms with Gasteiger partial charge in [0, 0.05) is 18.5 Å². The summed E-state index contributed by atoms with van der Waals surface area (Å²) in [6, 6.07) is 0. The van der Waals surface area contributed by atoms with E-state index < -0.39 is 11.7 Å². The Hall–Kier alpha value is -0.810. The van der Waals surface area contributed by atoms with Crippen molar-refractivity contribution >= 4 is 6.09 Å². The molecule has 1 amide bonds. The molecule has 1 fully saturated rings. The average molecular weight is 244 g/mol. The molecule has 1 heterocycles. The fraction of sp³-hybridized carbons (Fsp3) is 0.917. The zero-order chi connectivity index (χ0) is 13.1. The monoisotopic (exact) mass is 244 g/mol. The highest BCUT2D eigenvalue weighted by Crippen LogP contribution is 2.28. The number of hydrogen-bond acceptors (Lipinski definition) is 4. The van der Waals surface area contributed by atoms with Crippen molar-refractivity contribution in [1.82, 2.24) is 10.2 Å². The maximum Gasteiger partial charge on any atom is 0.407 e. The number of aliphatic hydroxyl groups excluding tert-OH is 1. The first-order valence-corrected chi connectivity index (χ1v) is 6.03. The van der Waals surface area contributed by atoms with Crippen LogP contribution in [0.1, 0.15) is 27.2 Å². The molecule has 0 bridgehead atoms. The van der Waals surface area contributed by atoms with E-state index in [1.807, 2.05) is 27.8 Å². The van der Waals surface area contributed by atoms with Gasteiger partial charge in [-0.3, -0.25) is 0 Å². The van der Waals surface area contributed by atoms with Crippen LogP contribution in [0.15, 0.2) is 0 Å². The minimum atomic E-state index is -0.483. The van der Waals surface area contributed by atoms with Gasteiger partial charge in [0.15, 0.2) is 0 Å². The molecule has 1 aliphatic rings. The molecule has 0 radical (unpaired) electrons. The normalized spacial score (nSPS) is 25.9. The summed E-state index contributed by atoms with van der Waals surface area (Å²) in [4.78, 5) is 13.7. The summed E-state index contributed by atoms with van der Waals surface area (Å²) < 4.78 is 5.17. The summed E-state index contributed by atoms with van der Waals surface area (Å²) in [5, 5.41) is 12.2. The largest absolute Gasteiger partial charge is 0.444 e. The molecule has 0 saturated carbocycles. The Morgan fingerprint density at radius 2 is 2.18 bits per heavy atom. The van der Waals surface area contributed by atoms with E-state index in [1.165, 1.54) is 0 Å². The topological polar surface area (TPSA) is 61.8 Å². The molecular weight excluding hydrogens is 220 g/mol. The number of likely N-dealkylation sites (tertiary alicyclic amines) is 1. The smallest absolute Gasteiger partial charge is 0.407 e. The lowest BCUT2D eigenvalue weighted by molar-refractivity contribution is 0.0473. The van der Waals surface area contributed by atoms with E-state index in [-0.39, 0.29) is 12.0 Å². The molecule has 0 aromatic carbocycles. The van der Waals surface area contributed by atoms with Crippen LogP contribution in [0.5, 0.6) is 0 Å². The van der Waals surface area contributed by atoms with Crippen molar-refractivity contribution in [3.63, 3.8) is 0 Å². The molecule has 5 heteroatoms. The molecule has 1 rings (SSSR count). The predicted octanol–water partition coefficient (Wildman–Crippen LogP) is 0.825. The van der Waals surface area contributed by atoms with E-state index in [1.54, 1.807) is 0 Å². The molecule has 1 saturated heterocycles. The molecule has 0 aliphatic carbocycles. The predicted molar refractivity (Wildman–Crippen MR) is 65.9 cm³/mol. The van der Waals surface area contributed by atoms with Gasteiger partial charge in [-0.2, -0.15) is 0 Å². The molecule has 1 atom stereocenters. The number of amides is 1. The summed E-state index contributed by atoms with van der Waals surface area (Å²) >= 11 is 0. The second kappa shape index (κ2) is 5.23. The standard InChI is InChI=1S/C12H24N2O3/c1-11(2,3)17-10(16)13-7-12(9-15)5-6-14(4)8-12/h15H,5-9H2,1-4H3,(H,13,16). The molecular formula is C12H24N2O3. The van der Waals surface area contributed by atoms with E-state index in [2.05, 4.69) is 10.2 Å². The summed E-state index contributed by atoms with van der Waals surface area (Å²) in [5.41, 5.74) is -0.700. The third-order valence-corrected chi connectivity index (χ3v) is 2.97. The summed E-state index contributed by atoms with van der Waals surface area (Å²) in [5.74, 6) is 0. The van der Waals surface area contributed by atoms with Gasteiger partial charge < -0.3 is 20.1 Å². The van der Waals surface area contributed by atoms with Gasteiger partial charge in [-0.1, -0.05) is 0 Å². The number of hydrogen-bond donors (Lipinski definition) is 2. The van der Waals surface area contributed by atoms with Crippen LogP contribution in [-0.4, -0.2) is 55.0 Å². The number of nitrogens with one attached hydrogen (secondary N) is 1. The Labute approximate surface area is 103 Å². The zero-order valence-electron chi connectivity index (χ0n) is 11.2. The fourth-order valence-corrected chi connectivity index (χ4v) is 2.06. The molecule has 0 spiro atoms. The second-order valence-corrected chi connectivity index (χ2v) is 6.00. The Morgan fingerprint density at radius 3 is 2.59 bits per heavy atom. The van der Waals surface area contributed by atoms with E-state index in [0.717, 1.165) is 19.5 Å². The molecule has 2 N–H and O–H groups in total. The van der Waals surface area contributed by atoms with Crippen LogP contribution in [0.2, 0.25) is 0 Å². The van der Waals surface area contributed by atoms with Gasteiger partial charge in [0.25, 0.3) is 0 Å². The van der Waals surface area contributed by atoms with E-state index in [4.69, 9.17) is 4.74 Å². The van der Waals surface area contributed by atoms with E-state index in [9.17, 15) is 9.90 Å². The number of carbonyl (C=O) groups is 1. The first kappa shape index (κ1) is 14.3. The van der Waals surface area contributed by atoms with Crippen molar-refractivity contribution in [2.45, 2.75) is 32.8 Å². The maximum absolute atomic E-state index is 11.5. The first-order valence-electron chi connectivity index (χ1n) is 6.03. The second-order valence-electron chi connectivity index (χ2n) is 6.00. The molecule has 1 unspecified atom stereocenters. The van der Waals surface area contributed by atoms with Crippen LogP contribution in [0.3, 0.4) is 0 Å². The van der Waals surface area contributed by atoms with Gasteiger partial charge in [0.2, 0.25) is 0 Å². The van der Waals surface area contributed by atoms with Gasteiger partial charge in [0.1, 0.15) is 5.60 Å². The molecule has 17 heavy (non-hydrogen) atoms. The number of rotatable bonds is 3. The quantitative estimate of drug-likeness (QED) is 0.772. The lowest BCUT2D eigenvalue weighted by Gasteiger charge is -2.27. The van der Waals surface area contributed by atoms with Gasteiger partial charge in [0.05, 0.1) is 6.61 Å². The van der Waals surface area contributed by atoms with Crippen LogP contribution in [0.25, 0.3) is 0 Å². The highest BCUT2D eigenvalue weighted by atomic mass is 16.6. The van der Waals surface area contributed by atoms with Gasteiger partial charge in [-0.15, -0.1) is 0 Å². The van der Waals surface area contributed by atoms with E-state index >= 15 is 0 Å². The lowest BCUT2D eigenvalue weighted by atomic mass is 9.88. The lowest BCUT2D eigenvalue weighted by Crippen LogP contribution is -2.43. The van der Waals surface area contributed by atoms with Crippen molar-refractivity contribution in [3.05, 3.63) is 0 Å². The molecule has 5 nitrogen and oxygen atoms in total. The van der Waals surface area contributed by atoms with Crippen LogP contribution in [-0.2, 0) is 4.74 Å². The van der Waals surface area contributed by atoms with Crippen molar-refractivity contribution in [1.29, 1.82) is 0 Å². The number of carbonyl (C=O) groups excluding carboxylic acids is 1. The molecule has 0 aromatic heterocycles. The number of alkyl carbamates (subject to hydrolysis) is 1. The van der Waals surface area contributed by atoms with E-state index in [0.29, 0.717) is 6.54 Å². The molecule has 100 valence electrons. The SMILES string of the molecule is CN1CCC(CO)(CNC(=O)OC(C)(C)C)C1. The number of aliphatic hydroxyl groups is 1. The summed E-state index contributed by atoms with van der Waals surface area (Å²) in [7, 11) is 2.02. The van der Waals surface area contributed by atoms with Crippen LogP contribution >= 0.6 is 0 Å². The van der Waals surface area contributed by atoms with Crippen LogP contribution < -0.4 is 5.32 Å². The van der Waals surface area contributed by atoms with Crippen LogP contribution in [0, 0.1) is 5.41 Å². The fourth-order valence-electron chi connectivity index (χ4n) is 2.06. The highest BCUT2D eigenvalue weighted by molar-refractivity contribution is 5.67. The van der Waals surface area contributed by atoms with Crippen molar-refractivity contribution < 1.29 is 14.6 Å². The van der Waals surface area contributed by atoms with Crippen molar-refractivity contribution in [2.24, 2.45) is 5.41 Å². The third-order valence-electron chi connectivity index (χ3n) is 2.97.